The minimum absolute atomic E-state index is 0.243. The molecule has 128 valence electrons. The predicted molar refractivity (Wildman–Crippen MR) is 81.1 cm³/mol. The Balaban J connectivity index is 1.95. The van der Waals surface area contributed by atoms with Crippen molar-refractivity contribution in [3.05, 3.63) is 35.4 Å². The molecule has 1 fully saturated rings. The van der Waals surface area contributed by atoms with E-state index in [9.17, 15) is 13.6 Å². The number of rotatable bonds is 6. The van der Waals surface area contributed by atoms with Gasteiger partial charge in [-0.1, -0.05) is 6.07 Å². The van der Waals surface area contributed by atoms with Crippen LogP contribution in [0.3, 0.4) is 0 Å². The molecule has 0 aromatic heterocycles. The molecular weight excluding hydrogens is 306 g/mol. The van der Waals surface area contributed by atoms with Crippen molar-refractivity contribution in [3.8, 4) is 0 Å². The number of amides is 2. The highest BCUT2D eigenvalue weighted by Gasteiger charge is 2.32. The molecule has 1 heterocycles. The minimum Gasteiger partial charge on any atom is -0.380 e. The summed E-state index contributed by atoms with van der Waals surface area (Å²) in [6, 6.07) is 3.14. The number of hydrogen-bond donors (Lipinski definition) is 1. The van der Waals surface area contributed by atoms with Crippen molar-refractivity contribution in [1.82, 2.24) is 10.2 Å². The fourth-order valence-electron chi connectivity index (χ4n) is 2.47. The van der Waals surface area contributed by atoms with Gasteiger partial charge >= 0.3 is 6.03 Å². The average molecular weight is 328 g/mol. The van der Waals surface area contributed by atoms with Crippen LogP contribution >= 0.6 is 0 Å². The lowest BCUT2D eigenvalue weighted by atomic mass is 10.0. The van der Waals surface area contributed by atoms with E-state index in [2.05, 4.69) is 5.32 Å². The zero-order chi connectivity index (χ0) is 16.8. The zero-order valence-corrected chi connectivity index (χ0v) is 13.4. The number of likely N-dealkylation sites (N-methyl/N-ethyl adjacent to an activating group) is 1. The summed E-state index contributed by atoms with van der Waals surface area (Å²) in [4.78, 5) is 13.7. The molecule has 5 nitrogen and oxygen atoms in total. The quantitative estimate of drug-likeness (QED) is 0.816. The maximum absolute atomic E-state index is 13.4. The maximum Gasteiger partial charge on any atom is 0.317 e. The van der Waals surface area contributed by atoms with Crippen molar-refractivity contribution in [3.63, 3.8) is 0 Å². The number of carbonyl (C=O) groups is 1. The molecule has 0 radical (unpaired) electrons. The highest BCUT2D eigenvalue weighted by molar-refractivity contribution is 5.74. The standard InChI is InChI=1S/C16H22F2N2O3/c1-3-22-9-7-20(2)16(21)19-14-6-8-23-15(14)11-4-5-12(17)13(18)10-11/h4-5,10,14-15H,3,6-9H2,1-2H3,(H,19,21)/t14-,15-/m0/s1. The Morgan fingerprint density at radius 3 is 2.91 bits per heavy atom. The minimum atomic E-state index is -0.920. The number of nitrogens with one attached hydrogen (secondary N) is 1. The first kappa shape index (κ1) is 17.6. The molecule has 1 aliphatic rings. The third kappa shape index (κ3) is 4.62. The Kier molecular flexibility index (Phi) is 6.29. The van der Waals surface area contributed by atoms with Crippen LogP contribution in [0, 0.1) is 11.6 Å². The Morgan fingerprint density at radius 2 is 2.22 bits per heavy atom. The van der Waals surface area contributed by atoms with Crippen molar-refractivity contribution in [2.45, 2.75) is 25.5 Å². The van der Waals surface area contributed by atoms with E-state index in [0.717, 1.165) is 12.1 Å². The molecule has 0 aliphatic carbocycles. The Bertz CT molecular complexity index is 542. The molecule has 7 heteroatoms. The molecule has 2 amide bonds. The lowest BCUT2D eigenvalue weighted by Crippen LogP contribution is -2.45. The van der Waals surface area contributed by atoms with Gasteiger partial charge in [0.2, 0.25) is 0 Å². The van der Waals surface area contributed by atoms with Crippen molar-refractivity contribution >= 4 is 6.03 Å². The molecule has 2 atom stereocenters. The molecule has 1 aliphatic heterocycles. The molecule has 2 rings (SSSR count). The first-order valence-corrected chi connectivity index (χ1v) is 7.68. The van der Waals surface area contributed by atoms with Crippen LogP contribution < -0.4 is 5.32 Å². The first-order chi connectivity index (χ1) is 11.0. The van der Waals surface area contributed by atoms with Crippen LogP contribution in [0.4, 0.5) is 13.6 Å². The predicted octanol–water partition coefficient (Wildman–Crippen LogP) is 2.47. The molecule has 23 heavy (non-hydrogen) atoms. The van der Waals surface area contributed by atoms with Gasteiger partial charge in [-0.25, -0.2) is 13.6 Å². The molecular formula is C16H22F2N2O3. The summed E-state index contributed by atoms with van der Waals surface area (Å²) in [6.07, 6.45) is 0.142. The normalized spacial score (nSPS) is 20.5. The fraction of sp³-hybridized carbons (Fsp3) is 0.562. The first-order valence-electron chi connectivity index (χ1n) is 7.68. The second-order valence-corrected chi connectivity index (χ2v) is 5.43. The van der Waals surface area contributed by atoms with Crippen molar-refractivity contribution in [2.24, 2.45) is 0 Å². The third-order valence-corrected chi connectivity index (χ3v) is 3.79. The number of urea groups is 1. The van der Waals surface area contributed by atoms with Gasteiger partial charge in [0.25, 0.3) is 0 Å². The van der Waals surface area contributed by atoms with Gasteiger partial charge in [-0.3, -0.25) is 0 Å². The van der Waals surface area contributed by atoms with E-state index in [1.807, 2.05) is 6.92 Å². The van der Waals surface area contributed by atoms with Crippen LogP contribution in [0.15, 0.2) is 18.2 Å². The van der Waals surface area contributed by atoms with Gasteiger partial charge in [0.05, 0.1) is 12.6 Å². The summed E-state index contributed by atoms with van der Waals surface area (Å²) in [5.41, 5.74) is 0.517. The molecule has 0 saturated carbocycles. The third-order valence-electron chi connectivity index (χ3n) is 3.79. The molecule has 1 N–H and O–H groups in total. The van der Waals surface area contributed by atoms with Crippen LogP contribution in [0.5, 0.6) is 0 Å². The summed E-state index contributed by atoms with van der Waals surface area (Å²) in [5.74, 6) is -1.82. The van der Waals surface area contributed by atoms with Crippen molar-refractivity contribution in [2.75, 3.05) is 33.4 Å². The van der Waals surface area contributed by atoms with Gasteiger partial charge in [0, 0.05) is 26.8 Å². The van der Waals surface area contributed by atoms with Crippen LogP contribution in [-0.2, 0) is 9.47 Å². The van der Waals surface area contributed by atoms with E-state index in [-0.39, 0.29) is 12.1 Å². The van der Waals surface area contributed by atoms with Crippen LogP contribution in [0.25, 0.3) is 0 Å². The number of halogens is 2. The smallest absolute Gasteiger partial charge is 0.317 e. The van der Waals surface area contributed by atoms with Crippen LogP contribution in [0.1, 0.15) is 25.0 Å². The van der Waals surface area contributed by atoms with Gasteiger partial charge in [-0.15, -0.1) is 0 Å². The van der Waals surface area contributed by atoms with Crippen LogP contribution in [-0.4, -0.2) is 50.4 Å². The number of hydrogen-bond acceptors (Lipinski definition) is 3. The average Bonchev–Trinajstić information content (AvgIpc) is 2.98. The second kappa shape index (κ2) is 8.21. The molecule has 0 unspecified atom stereocenters. The van der Waals surface area contributed by atoms with E-state index in [0.29, 0.717) is 38.3 Å². The monoisotopic (exact) mass is 328 g/mol. The lowest BCUT2D eigenvalue weighted by molar-refractivity contribution is 0.0962. The van der Waals surface area contributed by atoms with Crippen molar-refractivity contribution < 1.29 is 23.0 Å². The Morgan fingerprint density at radius 1 is 1.43 bits per heavy atom. The lowest BCUT2D eigenvalue weighted by Gasteiger charge is -2.24. The fourth-order valence-corrected chi connectivity index (χ4v) is 2.47. The number of benzene rings is 1. The highest BCUT2D eigenvalue weighted by Crippen LogP contribution is 2.30. The summed E-state index contributed by atoms with van der Waals surface area (Å²) < 4.78 is 37.2. The zero-order valence-electron chi connectivity index (χ0n) is 13.4. The molecule has 0 bridgehead atoms. The van der Waals surface area contributed by atoms with Crippen molar-refractivity contribution in [1.29, 1.82) is 0 Å². The van der Waals surface area contributed by atoms with Crippen LogP contribution in [0.2, 0.25) is 0 Å². The van der Waals surface area contributed by atoms with Gasteiger partial charge in [0.15, 0.2) is 11.6 Å². The summed E-state index contributed by atoms with van der Waals surface area (Å²) in [6.45, 7) is 3.89. The maximum atomic E-state index is 13.4. The molecule has 1 aromatic carbocycles. The number of carbonyl (C=O) groups excluding carboxylic acids is 1. The summed E-state index contributed by atoms with van der Waals surface area (Å²) >= 11 is 0. The van der Waals surface area contributed by atoms with E-state index in [4.69, 9.17) is 9.47 Å². The Hall–Kier alpha value is -1.73. The van der Waals surface area contributed by atoms with E-state index < -0.39 is 17.7 Å². The molecule has 1 aromatic rings. The SMILES string of the molecule is CCOCCN(C)C(=O)N[C@H]1CCO[C@H]1c1ccc(F)c(F)c1. The molecule has 1 saturated heterocycles. The largest absolute Gasteiger partial charge is 0.380 e. The van der Waals surface area contributed by atoms with Gasteiger partial charge in [-0.2, -0.15) is 0 Å². The van der Waals surface area contributed by atoms with Gasteiger partial charge in [0.1, 0.15) is 6.10 Å². The summed E-state index contributed by atoms with van der Waals surface area (Å²) in [7, 11) is 1.68. The highest BCUT2D eigenvalue weighted by atomic mass is 19.2. The second-order valence-electron chi connectivity index (χ2n) is 5.43. The van der Waals surface area contributed by atoms with E-state index in [1.165, 1.54) is 11.0 Å². The molecule has 0 spiro atoms. The van der Waals surface area contributed by atoms with Gasteiger partial charge in [-0.05, 0) is 31.0 Å². The number of ether oxygens (including phenoxy) is 2. The topological polar surface area (TPSA) is 50.8 Å². The van der Waals surface area contributed by atoms with Gasteiger partial charge < -0.3 is 19.7 Å². The van der Waals surface area contributed by atoms with E-state index in [1.54, 1.807) is 7.05 Å². The summed E-state index contributed by atoms with van der Waals surface area (Å²) in [5, 5.41) is 2.88. The Labute approximate surface area is 134 Å². The van der Waals surface area contributed by atoms with E-state index >= 15 is 0 Å². The number of nitrogens with zero attached hydrogens (tertiary/aromatic N) is 1.